The fraction of sp³-hybridized carbons (Fsp3) is 0.470. The summed E-state index contributed by atoms with van der Waals surface area (Å²) < 4.78 is 34.7. The van der Waals surface area contributed by atoms with Gasteiger partial charge in [0.1, 0.15) is 18.1 Å². The number of likely N-dealkylation sites (tertiary alicyclic amines) is 1. The number of unbranched alkanes of at least 4 members (excludes halogenated alkanes) is 2. The van der Waals surface area contributed by atoms with Gasteiger partial charge in [-0.3, -0.25) is 19.6 Å². The largest absolute Gasteiger partial charge is 0.490 e. The van der Waals surface area contributed by atoms with Crippen molar-refractivity contribution in [1.29, 1.82) is 0 Å². The van der Waals surface area contributed by atoms with Gasteiger partial charge in [-0.2, -0.15) is 0 Å². The zero-order chi connectivity index (χ0) is 55.0. The summed E-state index contributed by atoms with van der Waals surface area (Å²) in [5.74, 6) is 1.77. The van der Waals surface area contributed by atoms with Crippen LogP contribution in [0.2, 0.25) is 0 Å². The number of nitrogens with one attached hydrogen (secondary N) is 1. The second-order valence-electron chi connectivity index (χ2n) is 22.2. The predicted molar refractivity (Wildman–Crippen MR) is 315 cm³/mol. The number of amides is 1. The molecule has 4 aromatic heterocycles. The van der Waals surface area contributed by atoms with Crippen molar-refractivity contribution in [3.05, 3.63) is 154 Å². The van der Waals surface area contributed by atoms with Crippen LogP contribution in [0.1, 0.15) is 122 Å². The van der Waals surface area contributed by atoms with Crippen molar-refractivity contribution in [2.45, 2.75) is 173 Å². The molecule has 2 aliphatic carbocycles. The summed E-state index contributed by atoms with van der Waals surface area (Å²) in [6.45, 7) is 9.47. The van der Waals surface area contributed by atoms with E-state index in [-0.39, 0.29) is 41.6 Å². The summed E-state index contributed by atoms with van der Waals surface area (Å²) >= 11 is 0. The van der Waals surface area contributed by atoms with Crippen molar-refractivity contribution >= 4 is 27.6 Å². The van der Waals surface area contributed by atoms with E-state index in [1.165, 1.54) is 0 Å². The van der Waals surface area contributed by atoms with Gasteiger partial charge in [0.2, 0.25) is 0 Å². The Morgan fingerprint density at radius 3 is 1.43 bits per heavy atom. The molecule has 14 heteroatoms. The number of rotatable bonds is 18. The molecule has 4 fully saturated rings. The average Bonchev–Trinajstić information content (AvgIpc) is 3.52. The Balaban J connectivity index is 0.000000186. The van der Waals surface area contributed by atoms with Gasteiger partial charge < -0.3 is 43.0 Å². The van der Waals surface area contributed by atoms with Crippen LogP contribution in [0.15, 0.2) is 138 Å². The van der Waals surface area contributed by atoms with Gasteiger partial charge in [0.05, 0.1) is 47.4 Å². The molecule has 6 heterocycles. The Kier molecular flexibility index (Phi) is 19.8. The Morgan fingerprint density at radius 2 is 0.963 bits per heavy atom. The van der Waals surface area contributed by atoms with Gasteiger partial charge in [-0.25, -0.2) is 4.79 Å². The van der Waals surface area contributed by atoms with Gasteiger partial charge in [0.25, 0.3) is 11.1 Å². The van der Waals surface area contributed by atoms with Crippen LogP contribution in [-0.4, -0.2) is 92.9 Å². The highest BCUT2D eigenvalue weighted by atomic mass is 16.6. The minimum absolute atomic E-state index is 0.0135. The molecule has 1 N–H and O–H groups in total. The van der Waals surface area contributed by atoms with Crippen LogP contribution in [0.3, 0.4) is 0 Å². The van der Waals surface area contributed by atoms with E-state index in [4.69, 9.17) is 23.7 Å². The van der Waals surface area contributed by atoms with Crippen molar-refractivity contribution in [2.75, 3.05) is 26.2 Å². The van der Waals surface area contributed by atoms with Gasteiger partial charge in [-0.05, 0) is 167 Å². The second-order valence-corrected chi connectivity index (χ2v) is 22.2. The summed E-state index contributed by atoms with van der Waals surface area (Å²) in [6, 6.07) is 30.2. The third-order valence-corrected chi connectivity index (χ3v) is 16.4. The average molecular weight is 1090 g/mol. The number of aryl methyl sites for hydroxylation is 2. The van der Waals surface area contributed by atoms with Gasteiger partial charge in [-0.1, -0.05) is 81.3 Å². The van der Waals surface area contributed by atoms with Gasteiger partial charge >= 0.3 is 6.09 Å². The number of hydrogen-bond acceptors (Lipinski definition) is 11. The van der Waals surface area contributed by atoms with E-state index in [1.54, 1.807) is 29.7 Å². The van der Waals surface area contributed by atoms with E-state index in [0.717, 1.165) is 172 Å². The van der Waals surface area contributed by atoms with Crippen molar-refractivity contribution in [1.82, 2.24) is 29.3 Å². The quantitative estimate of drug-likeness (QED) is 0.0875. The highest BCUT2D eigenvalue weighted by molar-refractivity contribution is 5.96. The highest BCUT2D eigenvalue weighted by Crippen LogP contribution is 2.34. The molecule has 4 aliphatic rings. The topological polar surface area (TPSA) is 148 Å². The lowest BCUT2D eigenvalue weighted by Crippen LogP contribution is -2.42. The van der Waals surface area contributed by atoms with Crippen molar-refractivity contribution < 1.29 is 28.5 Å². The van der Waals surface area contributed by atoms with Crippen LogP contribution in [0.4, 0.5) is 4.79 Å². The van der Waals surface area contributed by atoms with Gasteiger partial charge in [0.15, 0.2) is 0 Å². The van der Waals surface area contributed by atoms with Crippen LogP contribution in [0.5, 0.6) is 11.5 Å². The highest BCUT2D eigenvalue weighted by Gasteiger charge is 2.30. The van der Waals surface area contributed by atoms with Crippen LogP contribution >= 0.6 is 0 Å². The molecule has 0 spiro atoms. The van der Waals surface area contributed by atoms with Gasteiger partial charge in [-0.15, -0.1) is 0 Å². The smallest absolute Gasteiger partial charge is 0.410 e. The zero-order valence-corrected chi connectivity index (χ0v) is 46.9. The third kappa shape index (κ3) is 14.7. The van der Waals surface area contributed by atoms with E-state index in [9.17, 15) is 14.4 Å². The standard InChI is InChI=1S/C37H43N3O5.C29H37N3O3/c1-2-3-21-40-25-35(33-17-20-38-24-34(33)36(40)41)28-9-11-29(12-10-28)44-30-13-15-31(16-14-30)45-32-18-22-39(23-19-32)37(42)43-26-27-7-5-4-6-8-27;1-2-3-18-32-20-28(26-14-17-31-19-27(26)29(32)33)21-4-6-22(7-5-21)34-23-8-10-24(11-9-23)35-25-12-15-30-16-13-25/h4-12,17,20,24-25,30-32H,2-3,13-16,18-19,21-23,26H2,1H3;4-7,14,17,19-20,23-25,30H,2-3,8-13,15-16,18H2,1H3. The molecule has 14 nitrogen and oxygen atoms in total. The predicted octanol–water partition coefficient (Wildman–Crippen LogP) is 12.7. The minimum atomic E-state index is -0.246. The summed E-state index contributed by atoms with van der Waals surface area (Å²) in [5, 5.41) is 6.59. The van der Waals surface area contributed by atoms with Crippen molar-refractivity contribution in [2.24, 2.45) is 0 Å². The molecule has 0 bridgehead atoms. The van der Waals surface area contributed by atoms with Crippen molar-refractivity contribution in [3.8, 4) is 33.8 Å². The molecule has 11 rings (SSSR count). The molecule has 0 atom stereocenters. The number of piperidine rings is 2. The molecule has 1 amide bonds. The van der Waals surface area contributed by atoms with E-state index in [0.29, 0.717) is 49.2 Å². The lowest BCUT2D eigenvalue weighted by molar-refractivity contribution is -0.0652. The lowest BCUT2D eigenvalue weighted by Gasteiger charge is -2.35. The zero-order valence-electron chi connectivity index (χ0n) is 46.9. The Labute approximate surface area is 470 Å². The summed E-state index contributed by atoms with van der Waals surface area (Å²) in [6.07, 6.45) is 28.3. The molecule has 80 heavy (non-hydrogen) atoms. The fourth-order valence-electron chi connectivity index (χ4n) is 11.8. The first-order valence-electron chi connectivity index (χ1n) is 29.7. The van der Waals surface area contributed by atoms with Crippen LogP contribution in [0.25, 0.3) is 43.8 Å². The fourth-order valence-corrected chi connectivity index (χ4v) is 11.8. The van der Waals surface area contributed by atoms with Gasteiger partial charge in [0, 0.05) is 74.5 Å². The number of hydrogen-bond donors (Lipinski definition) is 1. The SMILES string of the molecule is CCCCn1cc(-c2ccc(OC3CCC(OC4CCN(C(=O)OCc5ccccc5)CC4)CC3)cc2)c2ccncc2c1=O.CCCCn1cc(-c2ccc(OC3CCC(OC4CCNCC4)CC3)cc2)c2ccncc2c1=O. The second kappa shape index (κ2) is 28.0. The number of pyridine rings is 4. The number of fused-ring (bicyclic) bond motifs is 2. The number of benzene rings is 3. The van der Waals surface area contributed by atoms with E-state index in [2.05, 4.69) is 65.5 Å². The van der Waals surface area contributed by atoms with E-state index >= 15 is 0 Å². The summed E-state index contributed by atoms with van der Waals surface area (Å²) in [5.41, 5.74) is 5.26. The van der Waals surface area contributed by atoms with Crippen molar-refractivity contribution in [3.63, 3.8) is 0 Å². The van der Waals surface area contributed by atoms with Crippen LogP contribution in [0, 0.1) is 0 Å². The monoisotopic (exact) mass is 1080 g/mol. The third-order valence-electron chi connectivity index (χ3n) is 16.4. The first-order valence-corrected chi connectivity index (χ1v) is 29.7. The molecule has 3 aromatic carbocycles. The first-order chi connectivity index (χ1) is 39.3. The molecule has 2 saturated carbocycles. The molecule has 0 radical (unpaired) electrons. The maximum atomic E-state index is 13.0. The normalized spacial score (nSPS) is 20.0. The number of ether oxygens (including phenoxy) is 5. The van der Waals surface area contributed by atoms with E-state index < -0.39 is 0 Å². The molecular weight excluding hydrogens is 1000 g/mol. The molecule has 7 aromatic rings. The number of nitrogens with zero attached hydrogens (tertiary/aromatic N) is 5. The number of carbonyl (C=O) groups is 1. The van der Waals surface area contributed by atoms with E-state index in [1.807, 2.05) is 76.1 Å². The summed E-state index contributed by atoms with van der Waals surface area (Å²) in [4.78, 5) is 48.6. The Morgan fingerprint density at radius 1 is 0.525 bits per heavy atom. The maximum absolute atomic E-state index is 13.0. The molecule has 2 saturated heterocycles. The Bertz CT molecular complexity index is 3190. The van der Waals surface area contributed by atoms with Crippen LogP contribution < -0.4 is 25.9 Å². The maximum Gasteiger partial charge on any atom is 0.410 e. The Hall–Kier alpha value is -6.87. The molecule has 422 valence electrons. The molecule has 0 unspecified atom stereocenters. The van der Waals surface area contributed by atoms with Crippen LogP contribution in [-0.2, 0) is 33.9 Å². The first kappa shape index (κ1) is 56.4. The number of aromatic nitrogens is 4. The number of carbonyl (C=O) groups excluding carboxylic acids is 1. The molecule has 2 aliphatic heterocycles. The lowest BCUT2D eigenvalue weighted by atomic mass is 9.94. The summed E-state index contributed by atoms with van der Waals surface area (Å²) in [7, 11) is 0. The minimum Gasteiger partial charge on any atom is -0.490 e. The molecular formula is C66H80N6O8.